The number of hydrogen-bond acceptors (Lipinski definition) is 8. The first kappa shape index (κ1) is 38.5. The van der Waals surface area contributed by atoms with Crippen LogP contribution in [0.15, 0.2) is 109 Å². The zero-order valence-corrected chi connectivity index (χ0v) is 31.9. The van der Waals surface area contributed by atoms with E-state index in [0.29, 0.717) is 53.5 Å². The van der Waals surface area contributed by atoms with Crippen LogP contribution in [0.2, 0.25) is 10.0 Å². The van der Waals surface area contributed by atoms with E-state index in [2.05, 4.69) is 17.2 Å². The van der Waals surface area contributed by atoms with Crippen LogP contribution in [0.5, 0.6) is 17.2 Å². The molecule has 3 atom stereocenters. The highest BCUT2D eigenvalue weighted by atomic mass is 35.5. The molecule has 54 heavy (non-hydrogen) atoms. The molecule has 6 rings (SSSR count). The minimum atomic E-state index is -0.871. The third-order valence-corrected chi connectivity index (χ3v) is 10.4. The minimum absolute atomic E-state index is 0.263. The third-order valence-electron chi connectivity index (χ3n) is 9.64. The van der Waals surface area contributed by atoms with Gasteiger partial charge < -0.3 is 35.3 Å². The molecule has 4 aromatic rings. The Morgan fingerprint density at radius 1 is 1.00 bits per heavy atom. The van der Waals surface area contributed by atoms with Crippen molar-refractivity contribution in [2.75, 3.05) is 13.7 Å². The first-order valence-electron chi connectivity index (χ1n) is 17.6. The highest BCUT2D eigenvalue weighted by Crippen LogP contribution is 2.40. The number of halogens is 2. The Labute approximate surface area is 325 Å². The Morgan fingerprint density at radius 3 is 2.48 bits per heavy atom. The molecule has 4 N–H and O–H groups in total. The predicted molar refractivity (Wildman–Crippen MR) is 212 cm³/mol. The van der Waals surface area contributed by atoms with Gasteiger partial charge in [-0.3, -0.25) is 4.79 Å². The Kier molecular flexibility index (Phi) is 12.3. The highest BCUT2D eigenvalue weighted by Gasteiger charge is 2.31. The largest absolute Gasteiger partial charge is 0.489 e. The third kappa shape index (κ3) is 9.10. The number of carbonyl (C=O) groups is 2. The topological polar surface area (TPSA) is 121 Å². The first-order valence-corrected chi connectivity index (χ1v) is 18.4. The average Bonchev–Trinajstić information content (AvgIpc) is 3.18. The summed E-state index contributed by atoms with van der Waals surface area (Å²) in [6, 6.07) is 23.4. The normalized spacial score (nSPS) is 17.2. The lowest BCUT2D eigenvalue weighted by atomic mass is 9.93. The molecule has 2 heterocycles. The number of fused-ring (bicyclic) bond motifs is 2. The maximum Gasteiger partial charge on any atom is 0.328 e. The summed E-state index contributed by atoms with van der Waals surface area (Å²) in [5.74, 6) is 1.12. The highest BCUT2D eigenvalue weighted by molar-refractivity contribution is 6.42. The maximum absolute atomic E-state index is 13.6. The maximum atomic E-state index is 13.6. The van der Waals surface area contributed by atoms with Crippen molar-refractivity contribution < 1.29 is 28.5 Å². The molecule has 1 amide bonds. The number of nitrogens with one attached hydrogen (secondary N) is 2. The van der Waals surface area contributed by atoms with E-state index in [9.17, 15) is 9.59 Å². The summed E-state index contributed by atoms with van der Waals surface area (Å²) < 4.78 is 23.7. The van der Waals surface area contributed by atoms with Gasteiger partial charge >= 0.3 is 5.97 Å². The van der Waals surface area contributed by atoms with Gasteiger partial charge in [0.25, 0.3) is 0 Å². The van der Waals surface area contributed by atoms with Crippen LogP contribution < -0.4 is 30.6 Å². The summed E-state index contributed by atoms with van der Waals surface area (Å²) in [5.41, 5.74) is 14.3. The van der Waals surface area contributed by atoms with E-state index >= 15 is 0 Å². The molecule has 2 aliphatic heterocycles. The lowest BCUT2D eigenvalue weighted by Gasteiger charge is -2.31. The van der Waals surface area contributed by atoms with Crippen LogP contribution in [0.3, 0.4) is 0 Å². The first-order chi connectivity index (χ1) is 26.0. The van der Waals surface area contributed by atoms with Crippen molar-refractivity contribution in [2.24, 2.45) is 5.73 Å². The fourth-order valence-electron chi connectivity index (χ4n) is 6.46. The molecule has 11 heteroatoms. The van der Waals surface area contributed by atoms with Gasteiger partial charge in [0.1, 0.15) is 25.0 Å². The molecular weight excluding hydrogens is 725 g/mol. The van der Waals surface area contributed by atoms with Gasteiger partial charge in [-0.15, -0.1) is 0 Å². The Hall–Kier alpha value is -5.22. The van der Waals surface area contributed by atoms with Gasteiger partial charge in [0, 0.05) is 13.0 Å². The summed E-state index contributed by atoms with van der Waals surface area (Å²) in [4.78, 5) is 26.4. The lowest BCUT2D eigenvalue weighted by molar-refractivity contribution is -0.145. The number of esters is 1. The standard InChI is InChI=1S/C43H43Cl2N3O6/c1-25(2)26(3)34(14-15-46)29-11-8-27(9-12-29)17-38(43(50)51-4)48-42(49)37-19-31-20-39-40(21-32(31)22-47-37)54-41(24-53-39)30-6-5-7-33(18-30)52-23-28-10-13-35(44)36(45)16-28/h5-16,18,20-21,37-38,41,47H,1,17,19,22-24,46H2,2-4H3,(H,48,49)/b15-14-,34-26+/t37-,38-,41+/m0/s1. The molecule has 4 aromatic carbocycles. The molecule has 0 aromatic heterocycles. The van der Waals surface area contributed by atoms with E-state index in [1.165, 1.54) is 13.3 Å². The van der Waals surface area contributed by atoms with Gasteiger partial charge in [-0.2, -0.15) is 0 Å². The van der Waals surface area contributed by atoms with Gasteiger partial charge in [0.2, 0.25) is 5.91 Å². The van der Waals surface area contributed by atoms with Crippen LogP contribution in [-0.4, -0.2) is 37.7 Å². The summed E-state index contributed by atoms with van der Waals surface area (Å²) in [6.45, 7) is 9.08. The number of methoxy groups -OCH3 is 1. The zero-order valence-electron chi connectivity index (χ0n) is 30.4. The van der Waals surface area contributed by atoms with Crippen LogP contribution in [-0.2, 0) is 40.3 Å². The molecule has 0 fully saturated rings. The summed E-state index contributed by atoms with van der Waals surface area (Å²) in [6.07, 6.45) is 3.68. The fourth-order valence-corrected chi connectivity index (χ4v) is 6.78. The molecule has 0 bridgehead atoms. The van der Waals surface area contributed by atoms with E-state index in [4.69, 9.17) is 47.9 Å². The zero-order chi connectivity index (χ0) is 38.4. The molecule has 0 saturated carbocycles. The minimum Gasteiger partial charge on any atom is -0.489 e. The summed E-state index contributed by atoms with van der Waals surface area (Å²) in [7, 11) is 1.32. The number of hydrogen-bond donors (Lipinski definition) is 3. The quantitative estimate of drug-likeness (QED) is 0.0986. The van der Waals surface area contributed by atoms with Crippen molar-refractivity contribution in [3.05, 3.63) is 152 Å². The SMILES string of the molecule is C=C(C)/C(C)=C(\C=C/N)c1ccc(C[C@H](NC(=O)[C@@H]2Cc3cc4c(cc3CN2)O[C@@H](c2cccc(OCc3ccc(Cl)c(Cl)c3)c2)CO4)C(=O)OC)cc1. The number of nitrogens with two attached hydrogens (primary N) is 1. The molecule has 0 unspecified atom stereocenters. The van der Waals surface area contributed by atoms with Gasteiger partial charge in [0.05, 0.1) is 23.2 Å². The number of ether oxygens (including phenoxy) is 4. The second-order valence-corrected chi connectivity index (χ2v) is 14.2. The van der Waals surface area contributed by atoms with Gasteiger partial charge in [-0.25, -0.2) is 4.79 Å². The molecule has 0 spiro atoms. The number of benzene rings is 4. The monoisotopic (exact) mass is 767 g/mol. The van der Waals surface area contributed by atoms with Crippen LogP contribution >= 0.6 is 23.2 Å². The van der Waals surface area contributed by atoms with Crippen molar-refractivity contribution in [3.8, 4) is 17.2 Å². The van der Waals surface area contributed by atoms with Crippen LogP contribution in [0.25, 0.3) is 5.57 Å². The van der Waals surface area contributed by atoms with Gasteiger partial charge in [0.15, 0.2) is 17.6 Å². The van der Waals surface area contributed by atoms with Crippen LogP contribution in [0.4, 0.5) is 0 Å². The van der Waals surface area contributed by atoms with E-state index < -0.39 is 18.1 Å². The van der Waals surface area contributed by atoms with E-state index in [1.54, 1.807) is 12.1 Å². The average molecular weight is 769 g/mol. The molecule has 2 aliphatic rings. The molecule has 0 radical (unpaired) electrons. The summed E-state index contributed by atoms with van der Waals surface area (Å²) in [5, 5.41) is 7.22. The second kappa shape index (κ2) is 17.3. The van der Waals surface area contributed by atoms with Gasteiger partial charge in [-0.1, -0.05) is 77.8 Å². The van der Waals surface area contributed by atoms with Crippen LogP contribution in [0, 0.1) is 0 Å². The Balaban J connectivity index is 1.08. The van der Waals surface area contributed by atoms with Crippen molar-refractivity contribution >= 4 is 40.7 Å². The molecule has 9 nitrogen and oxygen atoms in total. The lowest BCUT2D eigenvalue weighted by Crippen LogP contribution is -2.53. The smallest absolute Gasteiger partial charge is 0.328 e. The number of rotatable bonds is 12. The van der Waals surface area contributed by atoms with Gasteiger partial charge in [-0.05, 0) is 113 Å². The van der Waals surface area contributed by atoms with E-state index in [-0.39, 0.29) is 18.4 Å². The molecule has 0 aliphatic carbocycles. The number of allylic oxidation sites excluding steroid dienone is 4. The molecule has 280 valence electrons. The summed E-state index contributed by atoms with van der Waals surface area (Å²) >= 11 is 12.2. The van der Waals surface area contributed by atoms with E-state index in [0.717, 1.165) is 50.1 Å². The number of amides is 1. The van der Waals surface area contributed by atoms with E-state index in [1.807, 2.05) is 86.7 Å². The van der Waals surface area contributed by atoms with Crippen molar-refractivity contribution in [2.45, 2.75) is 58.0 Å². The molecule has 0 saturated heterocycles. The predicted octanol–water partition coefficient (Wildman–Crippen LogP) is 7.82. The van der Waals surface area contributed by atoms with Crippen molar-refractivity contribution in [3.63, 3.8) is 0 Å². The fraction of sp³-hybridized carbons (Fsp3) is 0.256. The Bertz CT molecular complexity index is 2110. The van der Waals surface area contributed by atoms with Crippen LogP contribution in [0.1, 0.15) is 53.3 Å². The Morgan fingerprint density at radius 2 is 1.76 bits per heavy atom. The number of carbonyl (C=O) groups excluding carboxylic acids is 2. The second-order valence-electron chi connectivity index (χ2n) is 13.4. The van der Waals surface area contributed by atoms with Crippen molar-refractivity contribution in [1.82, 2.24) is 10.6 Å². The van der Waals surface area contributed by atoms with Crippen molar-refractivity contribution in [1.29, 1.82) is 0 Å². The molecular formula is C43H43Cl2N3O6.